The van der Waals surface area contributed by atoms with Crippen molar-refractivity contribution < 1.29 is 9.90 Å². The molecular formula is C11H14N2O3. The van der Waals surface area contributed by atoms with Gasteiger partial charge in [-0.3, -0.25) is 4.79 Å². The van der Waals surface area contributed by atoms with Crippen LogP contribution in [-0.2, 0) is 0 Å². The van der Waals surface area contributed by atoms with Crippen LogP contribution in [0.5, 0.6) is 0 Å². The molecule has 5 heteroatoms. The quantitative estimate of drug-likeness (QED) is 0.750. The molecule has 0 aliphatic carbocycles. The van der Waals surface area contributed by atoms with E-state index in [1.54, 1.807) is 12.3 Å². The summed E-state index contributed by atoms with van der Waals surface area (Å²) in [5.41, 5.74) is 0.712. The minimum absolute atomic E-state index is 0.0590. The van der Waals surface area contributed by atoms with E-state index in [9.17, 15) is 9.59 Å². The van der Waals surface area contributed by atoms with Crippen LogP contribution in [0.3, 0.4) is 0 Å². The SMILES string of the molecule is O=C(O)N1CCC(c2ccc[nH]c2=O)CC1. The van der Waals surface area contributed by atoms with E-state index < -0.39 is 6.09 Å². The van der Waals surface area contributed by atoms with Crippen LogP contribution < -0.4 is 5.56 Å². The monoisotopic (exact) mass is 222 g/mol. The zero-order valence-corrected chi connectivity index (χ0v) is 8.85. The predicted molar refractivity (Wildman–Crippen MR) is 58.6 cm³/mol. The van der Waals surface area contributed by atoms with E-state index >= 15 is 0 Å². The van der Waals surface area contributed by atoms with Crippen LogP contribution in [0.15, 0.2) is 23.1 Å². The van der Waals surface area contributed by atoms with Crippen molar-refractivity contribution in [1.82, 2.24) is 9.88 Å². The number of pyridine rings is 1. The van der Waals surface area contributed by atoms with E-state index in [1.165, 1.54) is 4.90 Å². The van der Waals surface area contributed by atoms with Crippen LogP contribution in [0.1, 0.15) is 24.3 Å². The van der Waals surface area contributed by atoms with Crippen molar-refractivity contribution in [3.05, 3.63) is 34.2 Å². The van der Waals surface area contributed by atoms with Gasteiger partial charge >= 0.3 is 6.09 Å². The third-order valence-corrected chi connectivity index (χ3v) is 3.05. The standard InChI is InChI=1S/C11H14N2O3/c14-10-9(2-1-5-12-10)8-3-6-13(7-4-8)11(15)16/h1-2,5,8H,3-4,6-7H2,(H,12,14)(H,15,16). The van der Waals surface area contributed by atoms with E-state index in [1.807, 2.05) is 6.07 Å². The Morgan fingerprint density at radius 2 is 2.12 bits per heavy atom. The summed E-state index contributed by atoms with van der Waals surface area (Å²) >= 11 is 0. The maximum atomic E-state index is 11.5. The summed E-state index contributed by atoms with van der Waals surface area (Å²) in [4.78, 5) is 26.3. The zero-order valence-electron chi connectivity index (χ0n) is 8.85. The third-order valence-electron chi connectivity index (χ3n) is 3.05. The molecule has 0 atom stereocenters. The summed E-state index contributed by atoms with van der Waals surface area (Å²) in [6.07, 6.45) is 2.18. The molecule has 1 aliphatic heterocycles. The van der Waals surface area contributed by atoms with Gasteiger partial charge in [-0.25, -0.2) is 4.79 Å². The van der Waals surface area contributed by atoms with Crippen molar-refractivity contribution in [2.24, 2.45) is 0 Å². The molecule has 5 nitrogen and oxygen atoms in total. The maximum absolute atomic E-state index is 11.5. The molecule has 2 heterocycles. The Kier molecular flexibility index (Phi) is 2.94. The first-order valence-electron chi connectivity index (χ1n) is 5.34. The summed E-state index contributed by atoms with van der Waals surface area (Å²) in [6, 6.07) is 3.63. The zero-order chi connectivity index (χ0) is 11.5. The largest absolute Gasteiger partial charge is 0.465 e. The van der Waals surface area contributed by atoms with Crippen molar-refractivity contribution in [3.63, 3.8) is 0 Å². The first kappa shape index (κ1) is 10.7. The molecule has 0 spiro atoms. The van der Waals surface area contributed by atoms with E-state index in [4.69, 9.17) is 5.11 Å². The molecule has 1 aromatic heterocycles. The van der Waals surface area contributed by atoms with Crippen LogP contribution in [-0.4, -0.2) is 34.2 Å². The van der Waals surface area contributed by atoms with Crippen LogP contribution in [0.4, 0.5) is 4.79 Å². The topological polar surface area (TPSA) is 73.4 Å². The highest BCUT2D eigenvalue weighted by Crippen LogP contribution is 2.25. The molecule has 0 radical (unpaired) electrons. The lowest BCUT2D eigenvalue weighted by atomic mass is 9.90. The summed E-state index contributed by atoms with van der Waals surface area (Å²) in [5.74, 6) is 0.181. The Balaban J connectivity index is 2.08. The number of hydrogen-bond acceptors (Lipinski definition) is 2. The Labute approximate surface area is 92.7 Å². The van der Waals surface area contributed by atoms with Crippen molar-refractivity contribution in [2.45, 2.75) is 18.8 Å². The lowest BCUT2D eigenvalue weighted by Gasteiger charge is -2.29. The number of aromatic nitrogens is 1. The van der Waals surface area contributed by atoms with Gasteiger partial charge in [-0.15, -0.1) is 0 Å². The second-order valence-corrected chi connectivity index (χ2v) is 4.00. The molecule has 0 bridgehead atoms. The number of carboxylic acid groups (broad SMARTS) is 1. The van der Waals surface area contributed by atoms with Crippen LogP contribution in [0.2, 0.25) is 0 Å². The number of likely N-dealkylation sites (tertiary alicyclic amines) is 1. The van der Waals surface area contributed by atoms with Crippen molar-refractivity contribution >= 4 is 6.09 Å². The van der Waals surface area contributed by atoms with E-state index in [0.717, 1.165) is 18.4 Å². The Morgan fingerprint density at radius 3 is 2.69 bits per heavy atom. The number of H-pyrrole nitrogens is 1. The van der Waals surface area contributed by atoms with Gasteiger partial charge in [0.2, 0.25) is 0 Å². The van der Waals surface area contributed by atoms with E-state index in [2.05, 4.69) is 4.98 Å². The van der Waals surface area contributed by atoms with Crippen molar-refractivity contribution in [2.75, 3.05) is 13.1 Å². The van der Waals surface area contributed by atoms with Gasteiger partial charge in [0.05, 0.1) is 0 Å². The Morgan fingerprint density at radius 1 is 1.44 bits per heavy atom. The summed E-state index contributed by atoms with van der Waals surface area (Å²) in [5, 5.41) is 8.81. The van der Waals surface area contributed by atoms with Crippen LogP contribution >= 0.6 is 0 Å². The number of nitrogens with zero attached hydrogens (tertiary/aromatic N) is 1. The number of aromatic amines is 1. The molecule has 1 aliphatic rings. The summed E-state index contributed by atoms with van der Waals surface area (Å²) < 4.78 is 0. The first-order valence-corrected chi connectivity index (χ1v) is 5.34. The molecule has 0 unspecified atom stereocenters. The minimum atomic E-state index is -0.875. The Bertz CT molecular complexity index is 433. The molecule has 1 saturated heterocycles. The summed E-state index contributed by atoms with van der Waals surface area (Å²) in [7, 11) is 0. The number of carbonyl (C=O) groups is 1. The Hall–Kier alpha value is -1.78. The molecule has 86 valence electrons. The number of amides is 1. The van der Waals surface area contributed by atoms with Gasteiger partial charge in [-0.2, -0.15) is 0 Å². The highest BCUT2D eigenvalue weighted by molar-refractivity contribution is 5.65. The van der Waals surface area contributed by atoms with Gasteiger partial charge in [0.1, 0.15) is 0 Å². The molecule has 16 heavy (non-hydrogen) atoms. The van der Waals surface area contributed by atoms with Crippen molar-refractivity contribution in [3.8, 4) is 0 Å². The van der Waals surface area contributed by atoms with Gasteiger partial charge in [-0.1, -0.05) is 6.07 Å². The fraction of sp³-hybridized carbons (Fsp3) is 0.455. The van der Waals surface area contributed by atoms with Gasteiger partial charge in [-0.05, 0) is 24.8 Å². The van der Waals surface area contributed by atoms with Gasteiger partial charge in [0, 0.05) is 24.8 Å². The molecule has 0 saturated carbocycles. The molecule has 1 amide bonds. The lowest BCUT2D eigenvalue weighted by Crippen LogP contribution is -2.37. The molecule has 2 rings (SSSR count). The average molecular weight is 222 g/mol. The fourth-order valence-corrected chi connectivity index (χ4v) is 2.14. The fourth-order valence-electron chi connectivity index (χ4n) is 2.14. The number of hydrogen-bond donors (Lipinski definition) is 2. The van der Waals surface area contributed by atoms with E-state index in [0.29, 0.717) is 13.1 Å². The molecular weight excluding hydrogens is 208 g/mol. The number of nitrogens with one attached hydrogen (secondary N) is 1. The molecule has 2 N–H and O–H groups in total. The predicted octanol–water partition coefficient (Wildman–Crippen LogP) is 1.23. The molecule has 1 aromatic rings. The maximum Gasteiger partial charge on any atom is 0.407 e. The van der Waals surface area contributed by atoms with E-state index in [-0.39, 0.29) is 11.5 Å². The van der Waals surface area contributed by atoms with Gasteiger partial charge < -0.3 is 15.0 Å². The highest BCUT2D eigenvalue weighted by atomic mass is 16.4. The van der Waals surface area contributed by atoms with Gasteiger partial charge in [0.25, 0.3) is 5.56 Å². The smallest absolute Gasteiger partial charge is 0.407 e. The van der Waals surface area contributed by atoms with Crippen LogP contribution in [0, 0.1) is 0 Å². The second kappa shape index (κ2) is 4.38. The molecule has 1 fully saturated rings. The molecule has 0 aromatic carbocycles. The lowest BCUT2D eigenvalue weighted by molar-refractivity contribution is 0.132. The average Bonchev–Trinajstić information content (AvgIpc) is 2.30. The highest BCUT2D eigenvalue weighted by Gasteiger charge is 2.24. The number of rotatable bonds is 1. The van der Waals surface area contributed by atoms with Crippen molar-refractivity contribution in [1.29, 1.82) is 0 Å². The minimum Gasteiger partial charge on any atom is -0.465 e. The third kappa shape index (κ3) is 2.08. The normalized spacial score (nSPS) is 17.4. The first-order chi connectivity index (χ1) is 7.68. The van der Waals surface area contributed by atoms with Crippen LogP contribution in [0.25, 0.3) is 0 Å². The summed E-state index contributed by atoms with van der Waals surface area (Å²) in [6.45, 7) is 1.02. The second-order valence-electron chi connectivity index (χ2n) is 4.00. The number of piperidine rings is 1. The van der Waals surface area contributed by atoms with Gasteiger partial charge in [0.15, 0.2) is 0 Å².